The van der Waals surface area contributed by atoms with Gasteiger partial charge in [-0.3, -0.25) is 14.9 Å². The maximum Gasteiger partial charge on any atom is 0.411 e. The monoisotopic (exact) mass is 561 g/mol. The number of ether oxygens (including phenoxy) is 1. The van der Waals surface area contributed by atoms with Crippen LogP contribution in [0.5, 0.6) is 0 Å². The number of hydrogen-bond acceptors (Lipinski definition) is 8. The Balaban J connectivity index is 1.56. The van der Waals surface area contributed by atoms with E-state index in [1.165, 1.54) is 29.4 Å². The first-order chi connectivity index (χ1) is 19.1. The lowest BCUT2D eigenvalue weighted by Gasteiger charge is -2.27. The number of nitrogens with zero attached hydrogens (tertiary/aromatic N) is 2. The maximum absolute atomic E-state index is 13.9. The Hall–Kier alpha value is -4.71. The first-order valence-corrected chi connectivity index (χ1v) is 14.3. The molecule has 1 atom stereocenters. The van der Waals surface area contributed by atoms with E-state index in [9.17, 15) is 22.8 Å². The standard InChI is InChI=1S/C28H27N5O6S/c1-33-15-19-13-20(8-10-24(19)40(2,37)38)32-28(36)39-12-11-17-3-5-18(6-4-17)25(27(33)35)31-21-7-9-23-22(14-21)26(34)30-16-29-23/h3-10,13-14,16,25,31H,11-12,15H2,1-2H3,(H,32,36)(H,29,30,34). The summed E-state index contributed by atoms with van der Waals surface area (Å²) in [6.07, 6.45) is 2.21. The van der Waals surface area contributed by atoms with E-state index in [2.05, 4.69) is 20.6 Å². The summed E-state index contributed by atoms with van der Waals surface area (Å²) in [4.78, 5) is 46.7. The van der Waals surface area contributed by atoms with Crippen LogP contribution in [0.25, 0.3) is 10.9 Å². The Morgan fingerprint density at radius 1 is 1.02 bits per heavy atom. The molecule has 1 unspecified atom stereocenters. The number of fused-ring (bicyclic) bond motifs is 10. The second-order valence-corrected chi connectivity index (χ2v) is 11.6. The zero-order chi connectivity index (χ0) is 28.4. The number of aromatic amines is 1. The number of nitrogens with one attached hydrogen (secondary N) is 3. The first kappa shape index (κ1) is 26.9. The predicted molar refractivity (Wildman–Crippen MR) is 150 cm³/mol. The van der Waals surface area contributed by atoms with E-state index in [-0.39, 0.29) is 29.5 Å². The van der Waals surface area contributed by atoms with Crippen molar-refractivity contribution in [1.82, 2.24) is 14.9 Å². The van der Waals surface area contributed by atoms with E-state index < -0.39 is 22.0 Å². The maximum atomic E-state index is 13.9. The van der Waals surface area contributed by atoms with Crippen LogP contribution in [0.2, 0.25) is 0 Å². The van der Waals surface area contributed by atoms with Crippen LogP contribution >= 0.6 is 0 Å². The largest absolute Gasteiger partial charge is 0.449 e. The van der Waals surface area contributed by atoms with Crippen LogP contribution in [0.4, 0.5) is 16.2 Å². The van der Waals surface area contributed by atoms with Crippen LogP contribution in [0.1, 0.15) is 22.7 Å². The fraction of sp³-hybridized carbons (Fsp3) is 0.214. The Morgan fingerprint density at radius 2 is 1.80 bits per heavy atom. The zero-order valence-corrected chi connectivity index (χ0v) is 22.6. The first-order valence-electron chi connectivity index (χ1n) is 12.4. The molecule has 6 rings (SSSR count). The predicted octanol–water partition coefficient (Wildman–Crippen LogP) is 3.24. The molecule has 4 aromatic rings. The van der Waals surface area contributed by atoms with Crippen LogP contribution in [0.15, 0.2) is 76.7 Å². The number of anilines is 2. The summed E-state index contributed by atoms with van der Waals surface area (Å²) in [6, 6.07) is 15.9. The highest BCUT2D eigenvalue weighted by atomic mass is 32.2. The Bertz CT molecular complexity index is 1770. The van der Waals surface area contributed by atoms with Crippen LogP contribution in [0, 0.1) is 0 Å². The molecule has 3 heterocycles. The summed E-state index contributed by atoms with van der Waals surface area (Å²) in [5, 5.41) is 6.23. The number of amides is 2. The fourth-order valence-corrected chi connectivity index (χ4v) is 5.52. The van der Waals surface area contributed by atoms with Gasteiger partial charge in [0, 0.05) is 37.6 Å². The van der Waals surface area contributed by atoms with Crippen molar-refractivity contribution in [3.63, 3.8) is 0 Å². The molecule has 3 N–H and O–H groups in total. The number of carbonyl (C=O) groups excluding carboxylic acids is 2. The summed E-state index contributed by atoms with van der Waals surface area (Å²) in [5.74, 6) is -0.336. The molecule has 1 aromatic heterocycles. The van der Waals surface area contributed by atoms with Crippen molar-refractivity contribution in [3.05, 3.63) is 94.0 Å². The second-order valence-electron chi connectivity index (χ2n) is 9.58. The van der Waals surface area contributed by atoms with Crippen molar-refractivity contribution in [2.24, 2.45) is 0 Å². The van der Waals surface area contributed by atoms with E-state index in [0.29, 0.717) is 39.8 Å². The highest BCUT2D eigenvalue weighted by Gasteiger charge is 2.26. The van der Waals surface area contributed by atoms with Crippen molar-refractivity contribution in [1.29, 1.82) is 0 Å². The van der Waals surface area contributed by atoms with Gasteiger partial charge in [-0.25, -0.2) is 18.2 Å². The number of rotatable bonds is 3. The van der Waals surface area contributed by atoms with Crippen LogP contribution in [0.3, 0.4) is 0 Å². The third kappa shape index (κ3) is 5.81. The lowest BCUT2D eigenvalue weighted by atomic mass is 10.0. The molecular formula is C28H27N5O6S. The summed E-state index contributed by atoms with van der Waals surface area (Å²) >= 11 is 0. The topological polar surface area (TPSA) is 151 Å². The minimum absolute atomic E-state index is 0.0438. The van der Waals surface area contributed by atoms with Gasteiger partial charge in [-0.1, -0.05) is 24.3 Å². The fourth-order valence-electron chi connectivity index (χ4n) is 4.60. The summed E-state index contributed by atoms with van der Waals surface area (Å²) in [5.41, 5.74) is 2.99. The van der Waals surface area contributed by atoms with Crippen molar-refractivity contribution in [2.45, 2.75) is 23.9 Å². The number of carbonyl (C=O) groups is 2. The van der Waals surface area contributed by atoms with Gasteiger partial charge in [-0.2, -0.15) is 0 Å². The minimum Gasteiger partial charge on any atom is -0.449 e. The quantitative estimate of drug-likeness (QED) is 0.345. The molecular weight excluding hydrogens is 534 g/mol. The zero-order valence-electron chi connectivity index (χ0n) is 21.8. The number of hydrogen-bond donors (Lipinski definition) is 3. The molecule has 40 heavy (non-hydrogen) atoms. The van der Waals surface area contributed by atoms with E-state index in [1.807, 2.05) is 24.3 Å². The molecule has 206 valence electrons. The Labute approximate surface area is 230 Å². The molecule has 0 aliphatic carbocycles. The van der Waals surface area contributed by atoms with Crippen molar-refractivity contribution < 1.29 is 22.7 Å². The van der Waals surface area contributed by atoms with Gasteiger partial charge in [0.2, 0.25) is 5.91 Å². The third-order valence-electron chi connectivity index (χ3n) is 6.63. The van der Waals surface area contributed by atoms with Gasteiger partial charge in [-0.15, -0.1) is 0 Å². The van der Waals surface area contributed by atoms with E-state index in [0.717, 1.165) is 11.8 Å². The van der Waals surface area contributed by atoms with Gasteiger partial charge in [0.25, 0.3) is 5.56 Å². The number of sulfone groups is 1. The molecule has 0 radical (unpaired) electrons. The number of likely N-dealkylation sites (N-methyl/N-ethyl adjacent to an activating group) is 1. The molecule has 0 spiro atoms. The van der Waals surface area contributed by atoms with Gasteiger partial charge in [0.05, 0.1) is 28.7 Å². The molecule has 0 saturated carbocycles. The van der Waals surface area contributed by atoms with Gasteiger partial charge in [-0.05, 0) is 53.1 Å². The van der Waals surface area contributed by atoms with Crippen molar-refractivity contribution >= 4 is 44.1 Å². The molecule has 3 aromatic carbocycles. The molecule has 2 aliphatic rings. The molecule has 4 bridgehead atoms. The van der Waals surface area contributed by atoms with Crippen LogP contribution < -0.4 is 16.2 Å². The van der Waals surface area contributed by atoms with Gasteiger partial charge in [0.15, 0.2) is 9.84 Å². The highest BCUT2D eigenvalue weighted by Crippen LogP contribution is 2.27. The van der Waals surface area contributed by atoms with E-state index in [1.54, 1.807) is 25.2 Å². The molecule has 12 heteroatoms. The lowest BCUT2D eigenvalue weighted by Crippen LogP contribution is -2.35. The molecule has 0 fully saturated rings. The van der Waals surface area contributed by atoms with E-state index >= 15 is 0 Å². The third-order valence-corrected chi connectivity index (χ3v) is 7.82. The van der Waals surface area contributed by atoms with Crippen LogP contribution in [-0.2, 0) is 32.3 Å². The summed E-state index contributed by atoms with van der Waals surface area (Å²) in [6.45, 7) is 0.0753. The SMILES string of the molecule is CN1Cc2cc(ccc2S(C)(=O)=O)NC(=O)OCCc2ccc(cc2)C(Nc2ccc3nc[nH]c(=O)c3c2)C1=O. The Morgan fingerprint density at radius 3 is 2.55 bits per heavy atom. The molecule has 0 saturated heterocycles. The summed E-state index contributed by atoms with van der Waals surface area (Å²) in [7, 11) is -2.06. The van der Waals surface area contributed by atoms with Gasteiger partial charge >= 0.3 is 6.09 Å². The highest BCUT2D eigenvalue weighted by molar-refractivity contribution is 7.90. The molecule has 11 nitrogen and oxygen atoms in total. The van der Waals surface area contributed by atoms with Crippen molar-refractivity contribution in [2.75, 3.05) is 30.5 Å². The minimum atomic E-state index is -3.63. The normalized spacial score (nSPS) is 16.4. The lowest BCUT2D eigenvalue weighted by molar-refractivity contribution is -0.131. The smallest absolute Gasteiger partial charge is 0.411 e. The average molecular weight is 562 g/mol. The molecule has 2 aliphatic heterocycles. The average Bonchev–Trinajstić information content (AvgIpc) is 2.91. The van der Waals surface area contributed by atoms with E-state index in [4.69, 9.17) is 4.74 Å². The van der Waals surface area contributed by atoms with Crippen LogP contribution in [-0.4, -0.2) is 55.2 Å². The summed E-state index contributed by atoms with van der Waals surface area (Å²) < 4.78 is 30.3. The number of aromatic nitrogens is 2. The second kappa shape index (κ2) is 10.8. The van der Waals surface area contributed by atoms with Gasteiger partial charge in [0.1, 0.15) is 6.04 Å². The number of H-pyrrole nitrogens is 1. The van der Waals surface area contributed by atoms with Gasteiger partial charge < -0.3 is 19.9 Å². The number of benzene rings is 3. The molecule has 2 amide bonds. The Kier molecular flexibility index (Phi) is 7.26. The van der Waals surface area contributed by atoms with Crippen molar-refractivity contribution in [3.8, 4) is 0 Å².